The minimum atomic E-state index is -0.171. The molecule has 1 aliphatic heterocycles. The van der Waals surface area contributed by atoms with Gasteiger partial charge in [-0.3, -0.25) is 10.1 Å². The number of carbonyl (C=O) groups is 1. The Kier molecular flexibility index (Phi) is 3.85. The average molecular weight is 237 g/mol. The zero-order valence-electron chi connectivity index (χ0n) is 9.18. The van der Waals surface area contributed by atoms with Gasteiger partial charge in [0.25, 0.3) is 0 Å². The third-order valence-electron chi connectivity index (χ3n) is 2.46. The zero-order valence-corrected chi connectivity index (χ0v) is 10.00. The number of hydrogen-bond donors (Lipinski definition) is 1. The standard InChI is InChI=1S/C12H15NO2S/c1-2-15-12(14)10-8-16-11(13-10)9-6-4-3-5-7-9/h3-7,10-11,13H,2,8H2,1H3/t10-,11?/m0/s1. The van der Waals surface area contributed by atoms with Crippen molar-refractivity contribution in [1.29, 1.82) is 0 Å². The molecule has 1 aromatic carbocycles. The van der Waals surface area contributed by atoms with E-state index < -0.39 is 0 Å². The minimum absolute atomic E-state index is 0.145. The van der Waals surface area contributed by atoms with Gasteiger partial charge in [0.2, 0.25) is 0 Å². The van der Waals surface area contributed by atoms with Gasteiger partial charge in [-0.2, -0.15) is 0 Å². The van der Waals surface area contributed by atoms with Crippen LogP contribution in [0.4, 0.5) is 0 Å². The van der Waals surface area contributed by atoms with E-state index in [9.17, 15) is 4.79 Å². The molecule has 16 heavy (non-hydrogen) atoms. The summed E-state index contributed by atoms with van der Waals surface area (Å²) in [6.07, 6.45) is 0. The second-order valence-corrected chi connectivity index (χ2v) is 4.73. The SMILES string of the molecule is CCOC(=O)[C@@H]1CSC(c2ccccc2)N1. The highest BCUT2D eigenvalue weighted by molar-refractivity contribution is 7.99. The van der Waals surface area contributed by atoms with E-state index in [0.717, 1.165) is 5.75 Å². The number of thioether (sulfide) groups is 1. The van der Waals surface area contributed by atoms with Crippen LogP contribution >= 0.6 is 11.8 Å². The van der Waals surface area contributed by atoms with Crippen LogP contribution in [0.2, 0.25) is 0 Å². The number of nitrogens with one attached hydrogen (secondary N) is 1. The van der Waals surface area contributed by atoms with Gasteiger partial charge in [0.05, 0.1) is 12.0 Å². The fraction of sp³-hybridized carbons (Fsp3) is 0.417. The third-order valence-corrected chi connectivity index (χ3v) is 3.72. The van der Waals surface area contributed by atoms with E-state index in [1.165, 1.54) is 5.56 Å². The Morgan fingerprint density at radius 1 is 1.50 bits per heavy atom. The summed E-state index contributed by atoms with van der Waals surface area (Å²) in [5, 5.41) is 3.48. The van der Waals surface area contributed by atoms with Crippen LogP contribution in [0.1, 0.15) is 17.9 Å². The molecule has 3 nitrogen and oxygen atoms in total. The van der Waals surface area contributed by atoms with Gasteiger partial charge >= 0.3 is 5.97 Å². The second-order valence-electron chi connectivity index (χ2n) is 3.60. The highest BCUT2D eigenvalue weighted by atomic mass is 32.2. The second kappa shape index (κ2) is 5.37. The summed E-state index contributed by atoms with van der Waals surface area (Å²) in [5.74, 6) is 0.631. The Hall–Kier alpha value is -1.00. The summed E-state index contributed by atoms with van der Waals surface area (Å²) in [6.45, 7) is 2.27. The summed E-state index contributed by atoms with van der Waals surface area (Å²) >= 11 is 1.75. The maximum Gasteiger partial charge on any atom is 0.324 e. The molecule has 2 atom stereocenters. The molecule has 0 aromatic heterocycles. The van der Waals surface area contributed by atoms with Crippen LogP contribution in [0.15, 0.2) is 30.3 Å². The third kappa shape index (κ3) is 2.57. The summed E-state index contributed by atoms with van der Waals surface area (Å²) in [4.78, 5) is 11.5. The van der Waals surface area contributed by atoms with Crippen molar-refractivity contribution in [2.45, 2.75) is 18.3 Å². The van der Waals surface area contributed by atoms with Crippen LogP contribution in [0.25, 0.3) is 0 Å². The molecular formula is C12H15NO2S. The van der Waals surface area contributed by atoms with Crippen LogP contribution in [0, 0.1) is 0 Å². The first-order valence-electron chi connectivity index (χ1n) is 5.40. The van der Waals surface area contributed by atoms with Crippen LogP contribution < -0.4 is 5.32 Å². The average Bonchev–Trinajstić information content (AvgIpc) is 2.80. The van der Waals surface area contributed by atoms with Crippen molar-refractivity contribution >= 4 is 17.7 Å². The van der Waals surface area contributed by atoms with Crippen LogP contribution in [-0.2, 0) is 9.53 Å². The fourth-order valence-corrected chi connectivity index (χ4v) is 2.90. The van der Waals surface area contributed by atoms with Crippen molar-refractivity contribution in [2.75, 3.05) is 12.4 Å². The molecule has 0 bridgehead atoms. The highest BCUT2D eigenvalue weighted by Crippen LogP contribution is 2.32. The summed E-state index contributed by atoms with van der Waals surface area (Å²) in [5.41, 5.74) is 1.21. The van der Waals surface area contributed by atoms with Gasteiger partial charge in [-0.15, -0.1) is 11.8 Å². The van der Waals surface area contributed by atoms with Crippen molar-refractivity contribution in [2.24, 2.45) is 0 Å². The fourth-order valence-electron chi connectivity index (χ4n) is 1.67. The number of ether oxygens (including phenoxy) is 1. The Bertz CT molecular complexity index is 355. The van der Waals surface area contributed by atoms with Gasteiger partial charge in [-0.1, -0.05) is 30.3 Å². The van der Waals surface area contributed by atoms with E-state index in [1.54, 1.807) is 11.8 Å². The quantitative estimate of drug-likeness (QED) is 0.816. The van der Waals surface area contributed by atoms with E-state index in [-0.39, 0.29) is 17.4 Å². The molecule has 0 radical (unpaired) electrons. The smallest absolute Gasteiger partial charge is 0.324 e. The van der Waals surface area contributed by atoms with Gasteiger partial charge in [0.15, 0.2) is 0 Å². The number of rotatable bonds is 3. The zero-order chi connectivity index (χ0) is 11.4. The Labute approximate surface area is 99.6 Å². The molecule has 1 aromatic rings. The normalized spacial score (nSPS) is 24.3. The summed E-state index contributed by atoms with van der Waals surface area (Å²) in [6, 6.07) is 9.97. The van der Waals surface area contributed by atoms with Gasteiger partial charge in [0.1, 0.15) is 6.04 Å². The Balaban J connectivity index is 1.96. The van der Waals surface area contributed by atoms with Crippen LogP contribution in [-0.4, -0.2) is 24.4 Å². The largest absolute Gasteiger partial charge is 0.465 e. The molecule has 86 valence electrons. The molecule has 0 saturated carbocycles. The molecule has 2 rings (SSSR count). The van der Waals surface area contributed by atoms with Gasteiger partial charge in [-0.25, -0.2) is 0 Å². The predicted molar refractivity (Wildman–Crippen MR) is 65.2 cm³/mol. The Morgan fingerprint density at radius 2 is 2.25 bits per heavy atom. The topological polar surface area (TPSA) is 38.3 Å². The first-order chi connectivity index (χ1) is 7.81. The maximum atomic E-state index is 11.5. The predicted octanol–water partition coefficient (Wildman–Crippen LogP) is 1.95. The highest BCUT2D eigenvalue weighted by Gasteiger charge is 2.31. The van der Waals surface area contributed by atoms with Gasteiger partial charge in [0, 0.05) is 5.75 Å². The van der Waals surface area contributed by atoms with Gasteiger partial charge in [-0.05, 0) is 12.5 Å². The maximum absolute atomic E-state index is 11.5. The van der Waals surface area contributed by atoms with Crippen LogP contribution in [0.3, 0.4) is 0 Å². The number of carbonyl (C=O) groups excluding carboxylic acids is 1. The van der Waals surface area contributed by atoms with E-state index in [4.69, 9.17) is 4.74 Å². The summed E-state index contributed by atoms with van der Waals surface area (Å²) < 4.78 is 5.00. The molecule has 1 heterocycles. The molecule has 1 unspecified atom stereocenters. The Morgan fingerprint density at radius 3 is 2.94 bits per heavy atom. The minimum Gasteiger partial charge on any atom is -0.465 e. The molecule has 1 saturated heterocycles. The first-order valence-corrected chi connectivity index (χ1v) is 6.45. The molecule has 0 amide bonds. The lowest BCUT2D eigenvalue weighted by molar-refractivity contribution is -0.144. The molecule has 1 N–H and O–H groups in total. The number of esters is 1. The van der Waals surface area contributed by atoms with Crippen molar-refractivity contribution in [1.82, 2.24) is 5.32 Å². The molecule has 0 spiro atoms. The van der Waals surface area contributed by atoms with Gasteiger partial charge < -0.3 is 4.74 Å². The molecule has 0 aliphatic carbocycles. The molecule has 4 heteroatoms. The van der Waals surface area contributed by atoms with E-state index >= 15 is 0 Å². The van der Waals surface area contributed by atoms with Crippen molar-refractivity contribution < 1.29 is 9.53 Å². The lowest BCUT2D eigenvalue weighted by atomic mass is 10.2. The lowest BCUT2D eigenvalue weighted by Gasteiger charge is -2.12. The molecular weight excluding hydrogens is 222 g/mol. The van der Waals surface area contributed by atoms with Crippen molar-refractivity contribution in [3.63, 3.8) is 0 Å². The monoisotopic (exact) mass is 237 g/mol. The van der Waals surface area contributed by atoms with E-state index in [1.807, 2.05) is 25.1 Å². The lowest BCUT2D eigenvalue weighted by Crippen LogP contribution is -2.35. The van der Waals surface area contributed by atoms with E-state index in [0.29, 0.717) is 6.61 Å². The van der Waals surface area contributed by atoms with Crippen LogP contribution in [0.5, 0.6) is 0 Å². The van der Waals surface area contributed by atoms with Crippen molar-refractivity contribution in [3.8, 4) is 0 Å². The number of benzene rings is 1. The van der Waals surface area contributed by atoms with Crippen molar-refractivity contribution in [3.05, 3.63) is 35.9 Å². The molecule has 1 fully saturated rings. The summed E-state index contributed by atoms with van der Waals surface area (Å²) in [7, 11) is 0. The number of hydrogen-bond acceptors (Lipinski definition) is 4. The molecule has 1 aliphatic rings. The first kappa shape index (κ1) is 11.5. The van der Waals surface area contributed by atoms with E-state index in [2.05, 4.69) is 17.4 Å².